The topological polar surface area (TPSA) is 40.7 Å². The molecule has 0 aliphatic carbocycles. The first-order valence-corrected chi connectivity index (χ1v) is 5.46. The van der Waals surface area contributed by atoms with Crippen LogP contribution in [0.15, 0.2) is 6.20 Å². The van der Waals surface area contributed by atoms with E-state index in [2.05, 4.69) is 21.5 Å². The van der Waals surface area contributed by atoms with E-state index in [0.717, 1.165) is 18.2 Å². The molecule has 0 radical (unpaired) electrons. The number of H-pyrrole nitrogens is 1. The molecule has 0 saturated heterocycles. The van der Waals surface area contributed by atoms with Crippen molar-refractivity contribution in [2.75, 3.05) is 23.9 Å². The first-order valence-electron chi connectivity index (χ1n) is 4.07. The second-order valence-corrected chi connectivity index (χ2v) is 3.67. The average Bonchev–Trinajstić information content (AvgIpc) is 2.45. The lowest BCUT2D eigenvalue weighted by Crippen LogP contribution is -2.03. The Morgan fingerprint density at radius 3 is 3.08 bits per heavy atom. The summed E-state index contributed by atoms with van der Waals surface area (Å²) >= 11 is 1.87. The van der Waals surface area contributed by atoms with E-state index in [9.17, 15) is 0 Å². The number of imidazole rings is 1. The van der Waals surface area contributed by atoms with Gasteiger partial charge >= 0.3 is 0 Å². The number of nitrogens with one attached hydrogen (secondary N) is 2. The van der Waals surface area contributed by atoms with E-state index in [4.69, 9.17) is 0 Å². The molecule has 0 atom stereocenters. The molecule has 0 saturated carbocycles. The highest BCUT2D eigenvalue weighted by atomic mass is 32.2. The van der Waals surface area contributed by atoms with Crippen molar-refractivity contribution in [3.05, 3.63) is 11.9 Å². The Morgan fingerprint density at radius 2 is 2.50 bits per heavy atom. The first-order chi connectivity index (χ1) is 5.83. The smallest absolute Gasteiger partial charge is 0.200 e. The molecule has 2 N–H and O–H groups in total. The van der Waals surface area contributed by atoms with Gasteiger partial charge in [0.15, 0.2) is 5.95 Å². The largest absolute Gasteiger partial charge is 0.356 e. The van der Waals surface area contributed by atoms with Crippen molar-refractivity contribution in [2.24, 2.45) is 0 Å². The normalized spacial score (nSPS) is 10.2. The Balaban J connectivity index is 2.15. The summed E-state index contributed by atoms with van der Waals surface area (Å²) in [7, 11) is 0. The van der Waals surface area contributed by atoms with Gasteiger partial charge in [0.25, 0.3) is 0 Å². The molecular weight excluding hydrogens is 170 g/mol. The van der Waals surface area contributed by atoms with Crippen LogP contribution in [0.5, 0.6) is 0 Å². The van der Waals surface area contributed by atoms with E-state index in [1.54, 1.807) is 0 Å². The van der Waals surface area contributed by atoms with Gasteiger partial charge in [-0.2, -0.15) is 11.8 Å². The standard InChI is InChI=1S/C8H15N3S/c1-7-6-10-8(11-7)9-4-3-5-12-2/h6H,3-5H2,1-2H3,(H2,9,10,11). The fourth-order valence-corrected chi connectivity index (χ4v) is 1.36. The van der Waals surface area contributed by atoms with Gasteiger partial charge in [-0.25, -0.2) is 4.98 Å². The summed E-state index contributed by atoms with van der Waals surface area (Å²) in [6, 6.07) is 0. The van der Waals surface area contributed by atoms with Gasteiger partial charge in [0.2, 0.25) is 0 Å². The van der Waals surface area contributed by atoms with Crippen LogP contribution >= 0.6 is 11.8 Å². The molecule has 12 heavy (non-hydrogen) atoms. The van der Waals surface area contributed by atoms with Crippen LogP contribution in [0.2, 0.25) is 0 Å². The Morgan fingerprint density at radius 1 is 1.67 bits per heavy atom. The van der Waals surface area contributed by atoms with Gasteiger partial charge < -0.3 is 10.3 Å². The Kier molecular flexibility index (Phi) is 4.00. The van der Waals surface area contributed by atoms with Crippen molar-refractivity contribution in [3.63, 3.8) is 0 Å². The maximum atomic E-state index is 4.14. The lowest BCUT2D eigenvalue weighted by atomic mass is 10.5. The van der Waals surface area contributed by atoms with Crippen LogP contribution in [0.1, 0.15) is 12.1 Å². The van der Waals surface area contributed by atoms with Gasteiger partial charge in [-0.05, 0) is 25.4 Å². The van der Waals surface area contributed by atoms with Gasteiger partial charge in [0.1, 0.15) is 0 Å². The van der Waals surface area contributed by atoms with Crippen molar-refractivity contribution in [2.45, 2.75) is 13.3 Å². The lowest BCUT2D eigenvalue weighted by molar-refractivity contribution is 0.973. The molecule has 0 aromatic carbocycles. The van der Waals surface area contributed by atoms with Crippen LogP contribution in [0.4, 0.5) is 5.95 Å². The van der Waals surface area contributed by atoms with E-state index >= 15 is 0 Å². The van der Waals surface area contributed by atoms with Crippen LogP contribution < -0.4 is 5.32 Å². The molecule has 0 fully saturated rings. The van der Waals surface area contributed by atoms with Crippen LogP contribution in [-0.2, 0) is 0 Å². The number of aryl methyl sites for hydroxylation is 1. The molecule has 4 heteroatoms. The number of aromatic nitrogens is 2. The highest BCUT2D eigenvalue weighted by Crippen LogP contribution is 2.01. The van der Waals surface area contributed by atoms with Gasteiger partial charge in [-0.3, -0.25) is 0 Å². The zero-order chi connectivity index (χ0) is 8.81. The summed E-state index contributed by atoms with van der Waals surface area (Å²) < 4.78 is 0. The third-order valence-electron chi connectivity index (χ3n) is 1.52. The SMILES string of the molecule is CSCCCNc1ncc(C)[nH]1. The minimum atomic E-state index is 0.883. The Labute approximate surface area is 77.4 Å². The number of hydrogen-bond donors (Lipinski definition) is 2. The number of nitrogens with zero attached hydrogens (tertiary/aromatic N) is 1. The fourth-order valence-electron chi connectivity index (χ4n) is 0.926. The average molecular weight is 185 g/mol. The Hall–Kier alpha value is -0.640. The molecular formula is C8H15N3S. The number of rotatable bonds is 5. The summed E-state index contributed by atoms with van der Waals surface area (Å²) in [6.07, 6.45) is 5.13. The molecule has 3 nitrogen and oxygen atoms in total. The summed E-state index contributed by atoms with van der Waals surface area (Å²) in [5.41, 5.74) is 1.10. The fraction of sp³-hybridized carbons (Fsp3) is 0.625. The highest BCUT2D eigenvalue weighted by Gasteiger charge is 1.93. The van der Waals surface area contributed by atoms with Gasteiger partial charge in [-0.1, -0.05) is 0 Å². The Bertz CT molecular complexity index is 222. The van der Waals surface area contributed by atoms with E-state index < -0.39 is 0 Å². The minimum absolute atomic E-state index is 0.883. The second-order valence-electron chi connectivity index (χ2n) is 2.69. The predicted molar refractivity (Wildman–Crippen MR) is 54.8 cm³/mol. The van der Waals surface area contributed by atoms with Crippen molar-refractivity contribution >= 4 is 17.7 Å². The van der Waals surface area contributed by atoms with Crippen LogP contribution in [0, 0.1) is 6.92 Å². The van der Waals surface area contributed by atoms with Crippen molar-refractivity contribution in [3.8, 4) is 0 Å². The van der Waals surface area contributed by atoms with Crippen LogP contribution in [-0.4, -0.2) is 28.5 Å². The summed E-state index contributed by atoms with van der Waals surface area (Å²) in [5, 5.41) is 3.22. The highest BCUT2D eigenvalue weighted by molar-refractivity contribution is 7.98. The zero-order valence-corrected chi connectivity index (χ0v) is 8.37. The molecule has 0 aliphatic heterocycles. The van der Waals surface area contributed by atoms with Gasteiger partial charge in [0.05, 0.1) is 0 Å². The number of anilines is 1. The molecule has 0 bridgehead atoms. The van der Waals surface area contributed by atoms with E-state index in [1.165, 1.54) is 12.2 Å². The molecule has 1 aromatic rings. The number of aromatic amines is 1. The van der Waals surface area contributed by atoms with Crippen LogP contribution in [0.25, 0.3) is 0 Å². The van der Waals surface area contributed by atoms with E-state index in [1.807, 2.05) is 24.9 Å². The monoisotopic (exact) mass is 185 g/mol. The van der Waals surface area contributed by atoms with Gasteiger partial charge in [0, 0.05) is 18.4 Å². The molecule has 0 aliphatic rings. The molecule has 1 rings (SSSR count). The van der Waals surface area contributed by atoms with Gasteiger partial charge in [-0.15, -0.1) is 0 Å². The first kappa shape index (κ1) is 9.45. The number of thioether (sulfide) groups is 1. The predicted octanol–water partition coefficient (Wildman–Crippen LogP) is 1.88. The molecule has 0 spiro atoms. The third-order valence-corrected chi connectivity index (χ3v) is 2.22. The zero-order valence-electron chi connectivity index (χ0n) is 7.55. The molecule has 0 amide bonds. The van der Waals surface area contributed by atoms with Crippen molar-refractivity contribution in [1.29, 1.82) is 0 Å². The number of hydrogen-bond acceptors (Lipinski definition) is 3. The summed E-state index contributed by atoms with van der Waals surface area (Å²) in [4.78, 5) is 7.26. The van der Waals surface area contributed by atoms with Crippen molar-refractivity contribution < 1.29 is 0 Å². The maximum absolute atomic E-state index is 4.14. The molecule has 1 heterocycles. The van der Waals surface area contributed by atoms with E-state index in [0.29, 0.717) is 0 Å². The third kappa shape index (κ3) is 3.17. The second kappa shape index (κ2) is 5.09. The quantitative estimate of drug-likeness (QED) is 0.688. The summed E-state index contributed by atoms with van der Waals surface area (Å²) in [6.45, 7) is 2.99. The minimum Gasteiger partial charge on any atom is -0.356 e. The lowest BCUT2D eigenvalue weighted by Gasteiger charge is -2.00. The molecule has 1 aromatic heterocycles. The van der Waals surface area contributed by atoms with E-state index in [-0.39, 0.29) is 0 Å². The van der Waals surface area contributed by atoms with Crippen molar-refractivity contribution in [1.82, 2.24) is 9.97 Å². The van der Waals surface area contributed by atoms with Crippen LogP contribution in [0.3, 0.4) is 0 Å². The molecule has 0 unspecified atom stereocenters. The summed E-state index contributed by atoms with van der Waals surface area (Å²) in [5.74, 6) is 2.08. The molecule has 68 valence electrons. The maximum Gasteiger partial charge on any atom is 0.200 e.